The number of aryl methyl sites for hydroxylation is 2. The van der Waals surface area contributed by atoms with Crippen LogP contribution in [0.1, 0.15) is 19.4 Å². The van der Waals surface area contributed by atoms with Gasteiger partial charge in [0.05, 0.1) is 22.9 Å². The van der Waals surface area contributed by atoms with Gasteiger partial charge in [-0.3, -0.25) is 9.48 Å². The standard InChI is InChI=1S/C28H29N7O/c1-18-7-5-9-23-27(22-8-6-10-25-24(22)17-32(4)30-25)31-35(28(18)23)21-11-12-26(29-15-21)34-14-13-33(20(3)36)16-19(34)2/h5-12,15,17,19H,13-14,16H2,1-4H3/t19-/m1/s1. The molecule has 0 unspecified atom stereocenters. The second kappa shape index (κ2) is 8.48. The molecule has 6 rings (SSSR count). The average Bonchev–Trinajstić information content (AvgIpc) is 3.45. The minimum Gasteiger partial charge on any atom is -0.350 e. The molecule has 8 nitrogen and oxygen atoms in total. The lowest BCUT2D eigenvalue weighted by atomic mass is 10.0. The van der Waals surface area contributed by atoms with Crippen molar-refractivity contribution in [2.24, 2.45) is 7.05 Å². The third-order valence-electron chi connectivity index (χ3n) is 7.17. The van der Waals surface area contributed by atoms with E-state index in [4.69, 9.17) is 10.1 Å². The van der Waals surface area contributed by atoms with Crippen LogP contribution < -0.4 is 4.90 Å². The fraction of sp³-hybridized carbons (Fsp3) is 0.286. The van der Waals surface area contributed by atoms with Gasteiger partial charge < -0.3 is 9.80 Å². The number of para-hydroxylation sites is 1. The SMILES string of the molecule is CC(=O)N1CCN(c2ccc(-n3nc(-c4cccc5nn(C)cc45)c4cccc(C)c43)cn2)[C@H](C)C1. The normalized spacial score (nSPS) is 16.3. The second-order valence-electron chi connectivity index (χ2n) is 9.65. The lowest BCUT2D eigenvalue weighted by molar-refractivity contribution is -0.129. The molecule has 0 radical (unpaired) electrons. The number of pyridine rings is 1. The Morgan fingerprint density at radius 1 is 1.00 bits per heavy atom. The first-order valence-corrected chi connectivity index (χ1v) is 12.3. The molecule has 1 amide bonds. The van der Waals surface area contributed by atoms with Crippen molar-refractivity contribution in [1.82, 2.24) is 29.4 Å². The maximum atomic E-state index is 11.8. The summed E-state index contributed by atoms with van der Waals surface area (Å²) in [5.74, 6) is 1.05. The highest BCUT2D eigenvalue weighted by Gasteiger charge is 2.26. The van der Waals surface area contributed by atoms with Crippen molar-refractivity contribution in [3.63, 3.8) is 0 Å². The van der Waals surface area contributed by atoms with Gasteiger partial charge in [-0.2, -0.15) is 10.2 Å². The Balaban J connectivity index is 1.42. The zero-order valence-electron chi connectivity index (χ0n) is 21.0. The molecule has 1 saturated heterocycles. The third-order valence-corrected chi connectivity index (χ3v) is 7.17. The smallest absolute Gasteiger partial charge is 0.219 e. The van der Waals surface area contributed by atoms with E-state index in [0.717, 1.165) is 63.2 Å². The molecule has 182 valence electrons. The minimum atomic E-state index is 0.128. The van der Waals surface area contributed by atoms with Crippen LogP contribution in [0, 0.1) is 6.92 Å². The van der Waals surface area contributed by atoms with Gasteiger partial charge >= 0.3 is 0 Å². The van der Waals surface area contributed by atoms with E-state index in [0.29, 0.717) is 6.54 Å². The van der Waals surface area contributed by atoms with Crippen LogP contribution >= 0.6 is 0 Å². The summed E-state index contributed by atoms with van der Waals surface area (Å²) < 4.78 is 3.85. The maximum Gasteiger partial charge on any atom is 0.219 e. The predicted molar refractivity (Wildman–Crippen MR) is 142 cm³/mol. The van der Waals surface area contributed by atoms with Gasteiger partial charge in [0, 0.05) is 62.2 Å². The van der Waals surface area contributed by atoms with Crippen molar-refractivity contribution in [2.75, 3.05) is 24.5 Å². The van der Waals surface area contributed by atoms with Gasteiger partial charge in [-0.15, -0.1) is 0 Å². The molecule has 0 spiro atoms. The molecule has 2 aromatic carbocycles. The van der Waals surface area contributed by atoms with Crippen molar-refractivity contribution in [3.8, 4) is 16.9 Å². The Labute approximate surface area is 209 Å². The third kappa shape index (κ3) is 3.61. The maximum absolute atomic E-state index is 11.8. The summed E-state index contributed by atoms with van der Waals surface area (Å²) in [6.45, 7) is 8.10. The van der Waals surface area contributed by atoms with Crippen molar-refractivity contribution in [1.29, 1.82) is 0 Å². The van der Waals surface area contributed by atoms with Crippen molar-refractivity contribution < 1.29 is 4.79 Å². The topological polar surface area (TPSA) is 72.1 Å². The van der Waals surface area contributed by atoms with E-state index < -0.39 is 0 Å². The number of rotatable bonds is 3. The summed E-state index contributed by atoms with van der Waals surface area (Å²) in [6.07, 6.45) is 3.95. The van der Waals surface area contributed by atoms with E-state index in [1.165, 1.54) is 0 Å². The molecule has 0 saturated carbocycles. The molecule has 0 N–H and O–H groups in total. The van der Waals surface area contributed by atoms with Crippen LogP contribution in [0.15, 0.2) is 60.9 Å². The monoisotopic (exact) mass is 479 g/mol. The number of fused-ring (bicyclic) bond motifs is 2. The molecule has 36 heavy (non-hydrogen) atoms. The summed E-state index contributed by atoms with van der Waals surface area (Å²) in [6, 6.07) is 16.9. The molecule has 1 aliphatic heterocycles. The van der Waals surface area contributed by atoms with Crippen LogP contribution in [0.2, 0.25) is 0 Å². The zero-order chi connectivity index (χ0) is 25.0. The summed E-state index contributed by atoms with van der Waals surface area (Å²) in [5.41, 5.74) is 6.10. The first-order chi connectivity index (χ1) is 17.4. The number of carbonyl (C=O) groups is 1. The molecule has 1 fully saturated rings. The fourth-order valence-electron chi connectivity index (χ4n) is 5.35. The molecule has 0 aliphatic carbocycles. The van der Waals surface area contributed by atoms with E-state index >= 15 is 0 Å². The number of nitrogens with zero attached hydrogens (tertiary/aromatic N) is 7. The molecular weight excluding hydrogens is 450 g/mol. The largest absolute Gasteiger partial charge is 0.350 e. The van der Waals surface area contributed by atoms with Gasteiger partial charge in [0.25, 0.3) is 0 Å². The number of carbonyl (C=O) groups excluding carboxylic acids is 1. The van der Waals surface area contributed by atoms with Crippen LogP contribution in [0.25, 0.3) is 38.8 Å². The van der Waals surface area contributed by atoms with E-state index in [9.17, 15) is 4.79 Å². The van der Waals surface area contributed by atoms with Crippen molar-refractivity contribution >= 4 is 33.5 Å². The van der Waals surface area contributed by atoms with Crippen LogP contribution in [-0.4, -0.2) is 61.0 Å². The predicted octanol–water partition coefficient (Wildman–Crippen LogP) is 4.34. The minimum absolute atomic E-state index is 0.128. The number of piperazine rings is 1. The number of anilines is 1. The Morgan fingerprint density at radius 3 is 2.58 bits per heavy atom. The number of hydrogen-bond acceptors (Lipinski definition) is 5. The van der Waals surface area contributed by atoms with Gasteiger partial charge in [0.15, 0.2) is 0 Å². The van der Waals surface area contributed by atoms with E-state index in [1.807, 2.05) is 39.6 Å². The highest BCUT2D eigenvalue weighted by atomic mass is 16.2. The lowest BCUT2D eigenvalue weighted by Crippen LogP contribution is -2.53. The second-order valence-corrected chi connectivity index (χ2v) is 9.65. The van der Waals surface area contributed by atoms with Crippen LogP contribution in [-0.2, 0) is 11.8 Å². The molecule has 5 aromatic rings. The lowest BCUT2D eigenvalue weighted by Gasteiger charge is -2.40. The zero-order valence-corrected chi connectivity index (χ0v) is 21.0. The number of hydrogen-bond donors (Lipinski definition) is 0. The molecule has 8 heteroatoms. The molecule has 4 heterocycles. The van der Waals surface area contributed by atoms with Crippen LogP contribution in [0.4, 0.5) is 5.82 Å². The first kappa shape index (κ1) is 22.3. The van der Waals surface area contributed by atoms with Gasteiger partial charge in [0.1, 0.15) is 11.5 Å². The summed E-state index contributed by atoms with van der Waals surface area (Å²) in [4.78, 5) is 20.8. The molecule has 0 bridgehead atoms. The Kier molecular flexibility index (Phi) is 5.25. The van der Waals surface area contributed by atoms with Gasteiger partial charge in [-0.25, -0.2) is 9.67 Å². The van der Waals surface area contributed by atoms with Gasteiger partial charge in [0.2, 0.25) is 5.91 Å². The average molecular weight is 480 g/mol. The summed E-state index contributed by atoms with van der Waals surface area (Å²) >= 11 is 0. The first-order valence-electron chi connectivity index (χ1n) is 12.3. The molecule has 1 aliphatic rings. The van der Waals surface area contributed by atoms with Crippen molar-refractivity contribution in [3.05, 3.63) is 66.5 Å². The Hall–Kier alpha value is -4.20. The van der Waals surface area contributed by atoms with Crippen LogP contribution in [0.3, 0.4) is 0 Å². The van der Waals surface area contributed by atoms with Crippen LogP contribution in [0.5, 0.6) is 0 Å². The van der Waals surface area contributed by atoms with E-state index in [-0.39, 0.29) is 11.9 Å². The highest BCUT2D eigenvalue weighted by molar-refractivity contribution is 6.03. The fourth-order valence-corrected chi connectivity index (χ4v) is 5.35. The quantitative estimate of drug-likeness (QED) is 0.385. The van der Waals surface area contributed by atoms with E-state index in [2.05, 4.69) is 66.4 Å². The Bertz CT molecular complexity index is 1600. The van der Waals surface area contributed by atoms with Gasteiger partial charge in [-0.05, 0) is 37.6 Å². The molecule has 1 atom stereocenters. The Morgan fingerprint density at radius 2 is 1.83 bits per heavy atom. The molecule has 3 aromatic heterocycles. The number of benzene rings is 2. The molecular formula is C28H29N7O. The van der Waals surface area contributed by atoms with Gasteiger partial charge in [-0.1, -0.05) is 30.3 Å². The van der Waals surface area contributed by atoms with E-state index in [1.54, 1.807) is 6.92 Å². The summed E-state index contributed by atoms with van der Waals surface area (Å²) in [5, 5.41) is 11.9. The van der Waals surface area contributed by atoms with Crippen molar-refractivity contribution in [2.45, 2.75) is 26.8 Å². The summed E-state index contributed by atoms with van der Waals surface area (Å²) in [7, 11) is 1.94. The highest BCUT2D eigenvalue weighted by Crippen LogP contribution is 2.35. The number of aromatic nitrogens is 5. The number of amides is 1.